The predicted octanol–water partition coefficient (Wildman–Crippen LogP) is 5.18. The average molecular weight is 470 g/mol. The number of nitrogens with two attached hydrogens (primary N) is 1. The van der Waals surface area contributed by atoms with Gasteiger partial charge in [-0.1, -0.05) is 18.2 Å². The number of nitrogens with zero attached hydrogens (tertiary/aromatic N) is 3. The Labute approximate surface area is 198 Å². The molecule has 1 amide bonds. The molecular weight excluding hydrogens is 449 g/mol. The molecule has 0 saturated carbocycles. The Morgan fingerprint density at radius 2 is 1.91 bits per heavy atom. The Morgan fingerprint density at radius 3 is 2.74 bits per heavy atom. The number of carbonyl (C=O) groups is 1. The third-order valence-corrected chi connectivity index (χ3v) is 6.89. The van der Waals surface area contributed by atoms with E-state index in [9.17, 15) is 9.18 Å². The number of likely N-dealkylation sites (tertiary alicyclic amines) is 1. The molecule has 0 bridgehead atoms. The second-order valence-corrected chi connectivity index (χ2v) is 9.30. The molecule has 0 spiro atoms. The zero-order valence-electron chi connectivity index (χ0n) is 18.0. The number of hydrogen-bond donors (Lipinski definition) is 2. The van der Waals surface area contributed by atoms with E-state index in [2.05, 4.69) is 15.3 Å². The summed E-state index contributed by atoms with van der Waals surface area (Å²) in [6.45, 7) is 1.01. The van der Waals surface area contributed by atoms with E-state index >= 15 is 0 Å². The zero-order valence-corrected chi connectivity index (χ0v) is 18.8. The average Bonchev–Trinajstić information content (AvgIpc) is 3.29. The number of carbonyl (C=O) groups excluding carboxylic acids is 1. The van der Waals surface area contributed by atoms with Gasteiger partial charge in [0.25, 0.3) is 5.91 Å². The molecule has 6 nitrogen and oxygen atoms in total. The fourth-order valence-electron chi connectivity index (χ4n) is 4.26. The summed E-state index contributed by atoms with van der Waals surface area (Å²) in [6.07, 6.45) is 1.73. The predicted molar refractivity (Wildman–Crippen MR) is 134 cm³/mol. The molecule has 1 saturated heterocycles. The normalized spacial score (nSPS) is 13.9. The summed E-state index contributed by atoms with van der Waals surface area (Å²) >= 11 is 1.61. The van der Waals surface area contributed by atoms with Gasteiger partial charge >= 0.3 is 0 Å². The van der Waals surface area contributed by atoms with Crippen LogP contribution in [0.4, 0.5) is 15.8 Å². The second-order valence-electron chi connectivity index (χ2n) is 8.42. The molecule has 0 aliphatic carbocycles. The first-order chi connectivity index (χ1) is 16.5. The van der Waals surface area contributed by atoms with Crippen LogP contribution in [0.3, 0.4) is 0 Å². The lowest BCUT2D eigenvalue weighted by molar-refractivity contribution is 0.0607. The lowest BCUT2D eigenvalue weighted by Crippen LogP contribution is -2.57. The molecule has 8 heteroatoms. The molecule has 3 heterocycles. The highest BCUT2D eigenvalue weighted by molar-refractivity contribution is 7.16. The maximum Gasteiger partial charge on any atom is 0.254 e. The number of fused-ring (bicyclic) bond motifs is 2. The van der Waals surface area contributed by atoms with Crippen LogP contribution < -0.4 is 11.1 Å². The van der Waals surface area contributed by atoms with Crippen molar-refractivity contribution >= 4 is 49.7 Å². The number of benzene rings is 3. The van der Waals surface area contributed by atoms with Crippen molar-refractivity contribution in [3.05, 3.63) is 83.8 Å². The number of nitrogens with one attached hydrogen (secondary N) is 1. The summed E-state index contributed by atoms with van der Waals surface area (Å²) in [5.41, 5.74) is 12.6. The minimum absolute atomic E-state index is 0.00718. The number of aromatic nitrogens is 2. The van der Waals surface area contributed by atoms with Crippen LogP contribution in [0, 0.1) is 5.82 Å². The second kappa shape index (κ2) is 8.16. The van der Waals surface area contributed by atoms with Crippen molar-refractivity contribution in [2.75, 3.05) is 18.4 Å². The van der Waals surface area contributed by atoms with Crippen LogP contribution >= 0.6 is 11.3 Å². The van der Waals surface area contributed by atoms with Gasteiger partial charge in [0.2, 0.25) is 0 Å². The summed E-state index contributed by atoms with van der Waals surface area (Å²) in [5.74, 6) is -0.639. The van der Waals surface area contributed by atoms with Gasteiger partial charge < -0.3 is 16.0 Å². The molecule has 3 aromatic carbocycles. The van der Waals surface area contributed by atoms with Gasteiger partial charge in [-0.05, 0) is 48.0 Å². The van der Waals surface area contributed by atoms with Crippen LogP contribution in [0.2, 0.25) is 0 Å². The lowest BCUT2D eigenvalue weighted by atomic mass is 10.00. The number of thiazole rings is 1. The van der Waals surface area contributed by atoms with Crippen molar-refractivity contribution < 1.29 is 9.18 Å². The summed E-state index contributed by atoms with van der Waals surface area (Å²) in [4.78, 5) is 23.0. The van der Waals surface area contributed by atoms with Crippen molar-refractivity contribution in [1.29, 1.82) is 0 Å². The van der Waals surface area contributed by atoms with Gasteiger partial charge in [-0.3, -0.25) is 9.78 Å². The van der Waals surface area contributed by atoms with Gasteiger partial charge in [-0.25, -0.2) is 9.37 Å². The summed E-state index contributed by atoms with van der Waals surface area (Å²) < 4.78 is 16.1. The molecule has 5 aromatic rings. The van der Waals surface area contributed by atoms with Crippen LogP contribution in [0.1, 0.15) is 10.4 Å². The number of pyridine rings is 1. The van der Waals surface area contributed by atoms with Gasteiger partial charge in [0.1, 0.15) is 5.82 Å². The zero-order chi connectivity index (χ0) is 23.2. The minimum Gasteiger partial charge on any atom is -0.355 e. The van der Waals surface area contributed by atoms with E-state index in [1.165, 1.54) is 6.07 Å². The highest BCUT2D eigenvalue weighted by Gasteiger charge is 2.28. The quantitative estimate of drug-likeness (QED) is 0.379. The van der Waals surface area contributed by atoms with Crippen molar-refractivity contribution in [3.63, 3.8) is 0 Å². The maximum absolute atomic E-state index is 15.0. The minimum atomic E-state index is -0.444. The van der Waals surface area contributed by atoms with Gasteiger partial charge in [-0.15, -0.1) is 11.3 Å². The molecule has 6 rings (SSSR count). The molecule has 1 aliphatic rings. The lowest BCUT2D eigenvalue weighted by Gasteiger charge is -2.36. The summed E-state index contributed by atoms with van der Waals surface area (Å²) in [5, 5.41) is 4.37. The van der Waals surface area contributed by atoms with Crippen LogP contribution in [0.15, 0.2) is 72.4 Å². The van der Waals surface area contributed by atoms with E-state index in [1.807, 2.05) is 48.0 Å². The first-order valence-corrected chi connectivity index (χ1v) is 11.8. The molecule has 3 N–H and O–H groups in total. The van der Waals surface area contributed by atoms with Crippen molar-refractivity contribution in [3.8, 4) is 11.1 Å². The largest absolute Gasteiger partial charge is 0.355 e. The van der Waals surface area contributed by atoms with Crippen LogP contribution in [-0.4, -0.2) is 39.9 Å². The first-order valence-electron chi connectivity index (χ1n) is 10.9. The molecule has 168 valence electrons. The number of hydrogen-bond acceptors (Lipinski definition) is 6. The molecule has 1 aliphatic heterocycles. The maximum atomic E-state index is 15.0. The highest BCUT2D eigenvalue weighted by atomic mass is 32.1. The Hall–Kier alpha value is -3.88. The fourth-order valence-corrected chi connectivity index (χ4v) is 4.92. The monoisotopic (exact) mass is 469 g/mol. The topological polar surface area (TPSA) is 84.1 Å². The van der Waals surface area contributed by atoms with E-state index in [4.69, 9.17) is 5.73 Å². The van der Waals surface area contributed by atoms with Crippen molar-refractivity contribution in [2.24, 2.45) is 5.73 Å². The Kier molecular flexibility index (Phi) is 4.97. The Morgan fingerprint density at radius 1 is 1.03 bits per heavy atom. The molecule has 0 atom stereocenters. The molecule has 1 fully saturated rings. The third-order valence-electron chi connectivity index (χ3n) is 6.08. The molecule has 0 unspecified atom stereocenters. The Bertz CT molecular complexity index is 1560. The molecule has 34 heavy (non-hydrogen) atoms. The number of halogens is 1. The SMILES string of the molecule is NC1CN(C(=O)c2ccc(-c3ccc4c(Nc5ccc6scnc6c5)ccnc4c3)c(F)c2)C1. The van der Waals surface area contributed by atoms with E-state index in [0.29, 0.717) is 29.8 Å². The van der Waals surface area contributed by atoms with E-state index in [1.54, 1.807) is 34.6 Å². The van der Waals surface area contributed by atoms with Gasteiger partial charge in [0.15, 0.2) is 0 Å². The van der Waals surface area contributed by atoms with Gasteiger partial charge in [0, 0.05) is 53.2 Å². The third kappa shape index (κ3) is 3.67. The highest BCUT2D eigenvalue weighted by Crippen LogP contribution is 2.32. The van der Waals surface area contributed by atoms with Crippen molar-refractivity contribution in [2.45, 2.75) is 6.04 Å². The van der Waals surface area contributed by atoms with Crippen LogP contribution in [-0.2, 0) is 0 Å². The smallest absolute Gasteiger partial charge is 0.254 e. The van der Waals surface area contributed by atoms with Gasteiger partial charge in [0.05, 0.1) is 21.2 Å². The number of anilines is 2. The van der Waals surface area contributed by atoms with Crippen LogP contribution in [0.25, 0.3) is 32.2 Å². The van der Waals surface area contributed by atoms with Gasteiger partial charge in [-0.2, -0.15) is 0 Å². The van der Waals surface area contributed by atoms with Crippen LogP contribution in [0.5, 0.6) is 0 Å². The fraction of sp³-hybridized carbons (Fsp3) is 0.115. The number of rotatable bonds is 4. The van der Waals surface area contributed by atoms with E-state index in [-0.39, 0.29) is 11.9 Å². The van der Waals surface area contributed by atoms with E-state index < -0.39 is 5.82 Å². The standard InChI is InChI=1S/C26H20FN5OS/c27-21-9-16(26(33)32-12-17(28)13-32)2-4-19(21)15-1-5-20-22(7-8-29-23(20)10-15)31-18-3-6-25-24(11-18)30-14-34-25/h1-11,14,17H,12-13,28H2,(H,29,31). The molecule has 0 radical (unpaired) electrons. The summed E-state index contributed by atoms with van der Waals surface area (Å²) in [7, 11) is 0. The molecular formula is C26H20FN5OS. The van der Waals surface area contributed by atoms with E-state index in [0.717, 1.165) is 32.5 Å². The molecule has 2 aromatic heterocycles. The Balaban J connectivity index is 1.30. The first kappa shape index (κ1) is 20.7. The number of amides is 1. The summed E-state index contributed by atoms with van der Waals surface area (Å²) in [6, 6.07) is 18.3. The van der Waals surface area contributed by atoms with Crippen molar-refractivity contribution in [1.82, 2.24) is 14.9 Å².